The van der Waals surface area contributed by atoms with Gasteiger partial charge in [-0.2, -0.15) is 0 Å². The average molecular weight is 332 g/mol. The maximum Gasteiger partial charge on any atom is 0.306 e. The molecule has 1 aliphatic heterocycles. The summed E-state index contributed by atoms with van der Waals surface area (Å²) in [5.74, 6) is 3.67. The van der Waals surface area contributed by atoms with Crippen molar-refractivity contribution in [2.75, 3.05) is 0 Å². The van der Waals surface area contributed by atoms with Crippen LogP contribution in [0.5, 0.6) is 0 Å². The molecule has 0 spiro atoms. The summed E-state index contributed by atoms with van der Waals surface area (Å²) in [6.45, 7) is 4.97. The largest absolute Gasteiger partial charge is 0.461 e. The Kier molecular flexibility index (Phi) is 3.26. The van der Waals surface area contributed by atoms with Crippen LogP contribution < -0.4 is 0 Å². The zero-order chi connectivity index (χ0) is 16.7. The van der Waals surface area contributed by atoms with E-state index in [4.69, 9.17) is 4.74 Å². The Labute approximate surface area is 145 Å². The van der Waals surface area contributed by atoms with E-state index in [1.807, 2.05) is 0 Å². The molecule has 0 aromatic rings. The molecular weight excluding hydrogens is 300 g/mol. The quantitative estimate of drug-likeness (QED) is 0.684. The van der Waals surface area contributed by atoms with Crippen LogP contribution >= 0.6 is 0 Å². The Morgan fingerprint density at radius 1 is 1.00 bits per heavy atom. The van der Waals surface area contributed by atoms with E-state index in [0.717, 1.165) is 36.5 Å². The van der Waals surface area contributed by atoms with Crippen molar-refractivity contribution in [1.29, 1.82) is 0 Å². The first kappa shape index (κ1) is 15.7. The highest BCUT2D eigenvalue weighted by molar-refractivity contribution is 5.72. The number of ether oxygens (including phenoxy) is 1. The van der Waals surface area contributed by atoms with Gasteiger partial charge >= 0.3 is 5.97 Å². The Hall–Kier alpha value is -0.570. The predicted molar refractivity (Wildman–Crippen MR) is 91.1 cm³/mol. The molecule has 0 aromatic carbocycles. The summed E-state index contributed by atoms with van der Waals surface area (Å²) in [5, 5.41) is 10.1. The number of carbonyl (C=O) groups is 1. The Balaban J connectivity index is 1.44. The fourth-order valence-electron chi connectivity index (χ4n) is 8.19. The number of fused-ring (bicyclic) bond motifs is 7. The topological polar surface area (TPSA) is 46.5 Å². The van der Waals surface area contributed by atoms with Crippen molar-refractivity contribution in [1.82, 2.24) is 0 Å². The molecule has 9 atom stereocenters. The summed E-state index contributed by atoms with van der Waals surface area (Å²) < 4.78 is 5.81. The second-order valence-corrected chi connectivity index (χ2v) is 10.2. The van der Waals surface area contributed by atoms with Crippen molar-refractivity contribution >= 4 is 5.97 Å². The SMILES string of the molecule is C[C@]12CC[C@H](O)C[C@H]1CC[C@@H]1[C@@H]2CC[C@@]2(C)[C@H]1C[C@H]1CC(=O)O[C@@H]12. The van der Waals surface area contributed by atoms with Crippen molar-refractivity contribution in [2.45, 2.75) is 83.8 Å². The molecule has 5 rings (SSSR count). The van der Waals surface area contributed by atoms with Gasteiger partial charge in [0.1, 0.15) is 6.10 Å². The third-order valence-corrected chi connectivity index (χ3v) is 9.40. The number of aliphatic hydroxyl groups excluding tert-OH is 1. The standard InChI is InChI=1S/C21H32O3/c1-20-7-5-14(22)11-13(20)3-4-15-16(20)6-8-21(2)17(15)9-12-10-18(23)24-19(12)21/h12-17,19,22H,3-11H2,1-2H3/t12-,13+,14-,15+,16-,17-,19-,20-,21-/m0/s1. The fourth-order valence-corrected chi connectivity index (χ4v) is 8.19. The van der Waals surface area contributed by atoms with E-state index >= 15 is 0 Å². The van der Waals surface area contributed by atoms with Gasteiger partial charge in [0.25, 0.3) is 0 Å². The number of hydrogen-bond donors (Lipinski definition) is 1. The van der Waals surface area contributed by atoms with Crippen LogP contribution in [0.1, 0.15) is 71.6 Å². The van der Waals surface area contributed by atoms with Gasteiger partial charge in [-0.05, 0) is 80.5 Å². The Morgan fingerprint density at radius 2 is 1.79 bits per heavy atom. The molecule has 0 unspecified atom stereocenters. The van der Waals surface area contributed by atoms with Gasteiger partial charge in [0.05, 0.1) is 12.5 Å². The molecule has 5 aliphatic rings. The van der Waals surface area contributed by atoms with E-state index < -0.39 is 0 Å². The van der Waals surface area contributed by atoms with Gasteiger partial charge in [-0.3, -0.25) is 4.79 Å². The van der Waals surface area contributed by atoms with Gasteiger partial charge in [-0.15, -0.1) is 0 Å². The molecule has 1 heterocycles. The first-order chi connectivity index (χ1) is 11.4. The third kappa shape index (κ3) is 1.91. The number of carbonyl (C=O) groups excluding carboxylic acids is 1. The van der Waals surface area contributed by atoms with Gasteiger partial charge < -0.3 is 9.84 Å². The lowest BCUT2D eigenvalue weighted by Gasteiger charge is -2.60. The van der Waals surface area contributed by atoms with Crippen molar-refractivity contribution in [3.8, 4) is 0 Å². The summed E-state index contributed by atoms with van der Waals surface area (Å²) in [6, 6.07) is 0. The van der Waals surface area contributed by atoms with Gasteiger partial charge in [0.15, 0.2) is 0 Å². The maximum atomic E-state index is 11.8. The van der Waals surface area contributed by atoms with Crippen LogP contribution in [0.15, 0.2) is 0 Å². The molecule has 4 saturated carbocycles. The van der Waals surface area contributed by atoms with Crippen LogP contribution in [0.3, 0.4) is 0 Å². The van der Waals surface area contributed by atoms with E-state index in [0.29, 0.717) is 17.8 Å². The van der Waals surface area contributed by atoms with Crippen molar-refractivity contribution in [3.63, 3.8) is 0 Å². The lowest BCUT2D eigenvalue weighted by molar-refractivity contribution is -0.158. The highest BCUT2D eigenvalue weighted by atomic mass is 16.6. The minimum absolute atomic E-state index is 0.0451. The molecule has 134 valence electrons. The molecule has 3 heteroatoms. The van der Waals surface area contributed by atoms with Crippen molar-refractivity contribution < 1.29 is 14.6 Å². The lowest BCUT2D eigenvalue weighted by atomic mass is 9.45. The predicted octanol–water partition coefficient (Wildman–Crippen LogP) is 3.93. The molecule has 4 aliphatic carbocycles. The van der Waals surface area contributed by atoms with Crippen LogP contribution in [0, 0.1) is 40.4 Å². The van der Waals surface area contributed by atoms with Gasteiger partial charge in [-0.25, -0.2) is 0 Å². The fraction of sp³-hybridized carbons (Fsp3) is 0.952. The lowest BCUT2D eigenvalue weighted by Crippen LogP contribution is -2.54. The van der Waals surface area contributed by atoms with Crippen molar-refractivity contribution in [2.24, 2.45) is 40.4 Å². The second kappa shape index (κ2) is 4.99. The van der Waals surface area contributed by atoms with Crippen LogP contribution in [0.4, 0.5) is 0 Å². The highest BCUT2D eigenvalue weighted by Crippen LogP contribution is 2.68. The normalized spacial score (nSPS) is 59.1. The molecule has 0 aromatic heterocycles. The molecule has 0 amide bonds. The van der Waals surface area contributed by atoms with Crippen LogP contribution in [0.25, 0.3) is 0 Å². The number of rotatable bonds is 0. The first-order valence-electron chi connectivity index (χ1n) is 10.3. The molecule has 24 heavy (non-hydrogen) atoms. The molecular formula is C21H32O3. The minimum Gasteiger partial charge on any atom is -0.461 e. The number of esters is 1. The summed E-state index contributed by atoms with van der Waals surface area (Å²) in [5.41, 5.74) is 0.674. The van der Waals surface area contributed by atoms with Gasteiger partial charge in [0, 0.05) is 11.3 Å². The minimum atomic E-state index is -0.0567. The molecule has 3 nitrogen and oxygen atoms in total. The zero-order valence-electron chi connectivity index (χ0n) is 15.2. The summed E-state index contributed by atoms with van der Waals surface area (Å²) in [4.78, 5) is 11.8. The summed E-state index contributed by atoms with van der Waals surface area (Å²) >= 11 is 0. The zero-order valence-corrected chi connectivity index (χ0v) is 15.2. The number of hydrogen-bond acceptors (Lipinski definition) is 3. The molecule has 0 bridgehead atoms. The monoisotopic (exact) mass is 332 g/mol. The highest BCUT2D eigenvalue weighted by Gasteiger charge is 2.64. The van der Waals surface area contributed by atoms with E-state index in [-0.39, 0.29) is 23.6 Å². The molecule has 1 N–H and O–H groups in total. The van der Waals surface area contributed by atoms with Gasteiger partial charge in [-0.1, -0.05) is 13.8 Å². The smallest absolute Gasteiger partial charge is 0.306 e. The Bertz CT molecular complexity index is 559. The van der Waals surface area contributed by atoms with Crippen LogP contribution in [0.2, 0.25) is 0 Å². The van der Waals surface area contributed by atoms with Crippen LogP contribution in [-0.2, 0) is 9.53 Å². The summed E-state index contributed by atoms with van der Waals surface area (Å²) in [7, 11) is 0. The maximum absolute atomic E-state index is 11.8. The summed E-state index contributed by atoms with van der Waals surface area (Å²) in [6.07, 6.45) is 10.5. The first-order valence-corrected chi connectivity index (χ1v) is 10.3. The van der Waals surface area contributed by atoms with E-state index in [1.165, 1.54) is 38.5 Å². The number of aliphatic hydroxyl groups is 1. The van der Waals surface area contributed by atoms with Crippen molar-refractivity contribution in [3.05, 3.63) is 0 Å². The van der Waals surface area contributed by atoms with Gasteiger partial charge in [0.2, 0.25) is 0 Å². The third-order valence-electron chi connectivity index (χ3n) is 9.40. The molecule has 5 fully saturated rings. The second-order valence-electron chi connectivity index (χ2n) is 10.2. The van der Waals surface area contributed by atoms with E-state index in [9.17, 15) is 9.90 Å². The molecule has 1 saturated heterocycles. The Morgan fingerprint density at radius 3 is 2.62 bits per heavy atom. The molecule has 0 radical (unpaired) electrons. The van der Waals surface area contributed by atoms with E-state index in [2.05, 4.69) is 13.8 Å². The van der Waals surface area contributed by atoms with Crippen LogP contribution in [-0.4, -0.2) is 23.3 Å². The average Bonchev–Trinajstić information content (AvgIpc) is 3.03. The van der Waals surface area contributed by atoms with E-state index in [1.54, 1.807) is 0 Å².